The van der Waals surface area contributed by atoms with Crippen molar-refractivity contribution < 1.29 is 13.5 Å². The molecule has 0 heterocycles. The standard InChI is InChI=1S/C14H21ClN2O3S/c1-10-12(15)6-11(7-13(10)16)21(19,20)17-8-14(9-18)4-2-3-5-14/h6-7,17-18H,2-5,8-9,16H2,1H3. The maximum Gasteiger partial charge on any atom is 0.240 e. The number of aliphatic hydroxyl groups is 1. The van der Waals surface area contributed by atoms with Gasteiger partial charge in [-0.3, -0.25) is 0 Å². The first kappa shape index (κ1) is 16.5. The van der Waals surface area contributed by atoms with Gasteiger partial charge in [0.05, 0.1) is 4.90 Å². The second-order valence-electron chi connectivity index (χ2n) is 5.81. The summed E-state index contributed by atoms with van der Waals surface area (Å²) in [5.74, 6) is 0. The smallest absolute Gasteiger partial charge is 0.240 e. The Morgan fingerprint density at radius 1 is 1.38 bits per heavy atom. The molecule has 5 nitrogen and oxygen atoms in total. The van der Waals surface area contributed by atoms with Crippen molar-refractivity contribution in [3.8, 4) is 0 Å². The molecule has 1 aromatic rings. The molecule has 4 N–H and O–H groups in total. The molecule has 1 aromatic carbocycles. The third-order valence-electron chi connectivity index (χ3n) is 4.31. The van der Waals surface area contributed by atoms with Gasteiger partial charge in [-0.25, -0.2) is 13.1 Å². The Hall–Kier alpha value is -0.820. The third-order valence-corrected chi connectivity index (χ3v) is 6.08. The van der Waals surface area contributed by atoms with Crippen LogP contribution in [0.3, 0.4) is 0 Å². The molecule has 0 bridgehead atoms. The maximum absolute atomic E-state index is 12.4. The van der Waals surface area contributed by atoms with Crippen LogP contribution in [0.2, 0.25) is 5.02 Å². The number of hydrogen-bond acceptors (Lipinski definition) is 4. The number of rotatable bonds is 5. The van der Waals surface area contributed by atoms with E-state index in [9.17, 15) is 13.5 Å². The average molecular weight is 333 g/mol. The summed E-state index contributed by atoms with van der Waals surface area (Å²) in [7, 11) is -3.68. The van der Waals surface area contributed by atoms with Crippen LogP contribution in [0.5, 0.6) is 0 Å². The Labute approximate surface area is 130 Å². The van der Waals surface area contributed by atoms with Gasteiger partial charge in [0.25, 0.3) is 0 Å². The van der Waals surface area contributed by atoms with Crippen LogP contribution in [0.1, 0.15) is 31.2 Å². The Morgan fingerprint density at radius 3 is 2.52 bits per heavy atom. The van der Waals surface area contributed by atoms with Crippen molar-refractivity contribution in [2.75, 3.05) is 18.9 Å². The Morgan fingerprint density at radius 2 is 2.00 bits per heavy atom. The normalized spacial score (nSPS) is 18.0. The second-order valence-corrected chi connectivity index (χ2v) is 7.98. The summed E-state index contributed by atoms with van der Waals surface area (Å²) in [5.41, 5.74) is 6.44. The molecule has 0 amide bonds. The first-order valence-electron chi connectivity index (χ1n) is 6.96. The SMILES string of the molecule is Cc1c(N)cc(S(=O)(=O)NCC2(CO)CCCC2)cc1Cl. The summed E-state index contributed by atoms with van der Waals surface area (Å²) < 4.78 is 27.3. The fraction of sp³-hybridized carbons (Fsp3) is 0.571. The topological polar surface area (TPSA) is 92.4 Å². The van der Waals surface area contributed by atoms with Crippen molar-refractivity contribution in [3.05, 3.63) is 22.7 Å². The summed E-state index contributed by atoms with van der Waals surface area (Å²) in [6, 6.07) is 2.81. The summed E-state index contributed by atoms with van der Waals surface area (Å²) >= 11 is 5.99. The number of anilines is 1. The molecule has 2 rings (SSSR count). The van der Waals surface area contributed by atoms with E-state index < -0.39 is 10.0 Å². The zero-order valence-corrected chi connectivity index (χ0v) is 13.6. The van der Waals surface area contributed by atoms with Gasteiger partial charge < -0.3 is 10.8 Å². The lowest BCUT2D eigenvalue weighted by Gasteiger charge is -2.26. The van der Waals surface area contributed by atoms with E-state index in [0.717, 1.165) is 25.7 Å². The molecule has 21 heavy (non-hydrogen) atoms. The molecule has 0 aliphatic heterocycles. The minimum Gasteiger partial charge on any atom is -0.398 e. The van der Waals surface area contributed by atoms with Gasteiger partial charge in [0.15, 0.2) is 0 Å². The molecule has 1 fully saturated rings. The predicted molar refractivity (Wildman–Crippen MR) is 83.8 cm³/mol. The van der Waals surface area contributed by atoms with E-state index in [-0.39, 0.29) is 23.5 Å². The van der Waals surface area contributed by atoms with E-state index in [1.807, 2.05) is 0 Å². The third kappa shape index (κ3) is 3.51. The lowest BCUT2D eigenvalue weighted by Crippen LogP contribution is -2.38. The van der Waals surface area contributed by atoms with Gasteiger partial charge in [-0.15, -0.1) is 0 Å². The summed E-state index contributed by atoms with van der Waals surface area (Å²) in [5, 5.41) is 9.86. The van der Waals surface area contributed by atoms with E-state index in [2.05, 4.69) is 4.72 Å². The predicted octanol–water partition coefficient (Wildman–Crippen LogP) is 2.06. The van der Waals surface area contributed by atoms with Gasteiger partial charge in [-0.05, 0) is 37.5 Å². The van der Waals surface area contributed by atoms with Crippen molar-refractivity contribution >= 4 is 27.3 Å². The lowest BCUT2D eigenvalue weighted by molar-refractivity contribution is 0.134. The number of nitrogens with one attached hydrogen (secondary N) is 1. The maximum atomic E-state index is 12.4. The number of nitrogen functional groups attached to an aromatic ring is 1. The molecule has 118 valence electrons. The van der Waals surface area contributed by atoms with Gasteiger partial charge in [0, 0.05) is 29.3 Å². The van der Waals surface area contributed by atoms with Crippen molar-refractivity contribution in [2.24, 2.45) is 5.41 Å². The zero-order valence-electron chi connectivity index (χ0n) is 12.0. The fourth-order valence-corrected chi connectivity index (χ4v) is 4.19. The minimum atomic E-state index is -3.68. The molecule has 1 saturated carbocycles. The number of aliphatic hydroxyl groups excluding tert-OH is 1. The number of benzene rings is 1. The van der Waals surface area contributed by atoms with Crippen molar-refractivity contribution in [1.82, 2.24) is 4.72 Å². The van der Waals surface area contributed by atoms with Crippen LogP contribution in [0, 0.1) is 12.3 Å². The van der Waals surface area contributed by atoms with Crippen LogP contribution in [0.25, 0.3) is 0 Å². The lowest BCUT2D eigenvalue weighted by atomic mass is 9.88. The van der Waals surface area contributed by atoms with Crippen LogP contribution in [0.15, 0.2) is 17.0 Å². The van der Waals surface area contributed by atoms with Crippen LogP contribution in [0.4, 0.5) is 5.69 Å². The van der Waals surface area contributed by atoms with Gasteiger partial charge in [0.2, 0.25) is 10.0 Å². The van der Waals surface area contributed by atoms with Crippen LogP contribution >= 0.6 is 11.6 Å². The monoisotopic (exact) mass is 332 g/mol. The molecule has 0 aromatic heterocycles. The summed E-state index contributed by atoms with van der Waals surface area (Å²) in [6.45, 7) is 1.96. The second kappa shape index (κ2) is 6.12. The fourth-order valence-electron chi connectivity index (χ4n) is 2.68. The molecule has 0 unspecified atom stereocenters. The Bertz CT molecular complexity index is 602. The average Bonchev–Trinajstić information content (AvgIpc) is 2.92. The van der Waals surface area contributed by atoms with Gasteiger partial charge >= 0.3 is 0 Å². The highest BCUT2D eigenvalue weighted by atomic mass is 35.5. The van der Waals surface area contributed by atoms with Crippen molar-refractivity contribution in [2.45, 2.75) is 37.5 Å². The van der Waals surface area contributed by atoms with E-state index in [1.165, 1.54) is 12.1 Å². The molecule has 0 spiro atoms. The van der Waals surface area contributed by atoms with E-state index in [0.29, 0.717) is 16.3 Å². The van der Waals surface area contributed by atoms with Gasteiger partial charge in [0.1, 0.15) is 0 Å². The number of sulfonamides is 1. The highest BCUT2D eigenvalue weighted by Gasteiger charge is 2.34. The molecule has 7 heteroatoms. The molecule has 1 aliphatic carbocycles. The van der Waals surface area contributed by atoms with Crippen molar-refractivity contribution in [3.63, 3.8) is 0 Å². The molecular weight excluding hydrogens is 312 g/mol. The van der Waals surface area contributed by atoms with E-state index in [1.54, 1.807) is 6.92 Å². The minimum absolute atomic E-state index is 0.00763. The largest absolute Gasteiger partial charge is 0.398 e. The summed E-state index contributed by atoms with van der Waals surface area (Å²) in [6.07, 6.45) is 3.71. The molecule has 1 aliphatic rings. The van der Waals surface area contributed by atoms with E-state index in [4.69, 9.17) is 17.3 Å². The first-order valence-corrected chi connectivity index (χ1v) is 8.82. The Balaban J connectivity index is 2.19. The summed E-state index contributed by atoms with van der Waals surface area (Å²) in [4.78, 5) is 0.0571. The van der Waals surface area contributed by atoms with Crippen LogP contribution in [-0.2, 0) is 10.0 Å². The van der Waals surface area contributed by atoms with Crippen LogP contribution in [-0.4, -0.2) is 26.7 Å². The first-order chi connectivity index (χ1) is 9.80. The highest BCUT2D eigenvalue weighted by Crippen LogP contribution is 2.37. The number of nitrogens with two attached hydrogens (primary N) is 1. The van der Waals surface area contributed by atoms with Crippen LogP contribution < -0.4 is 10.5 Å². The number of hydrogen-bond donors (Lipinski definition) is 3. The van der Waals surface area contributed by atoms with Gasteiger partial charge in [-0.2, -0.15) is 0 Å². The molecule has 0 radical (unpaired) electrons. The van der Waals surface area contributed by atoms with Crippen molar-refractivity contribution in [1.29, 1.82) is 0 Å². The quantitative estimate of drug-likeness (QED) is 0.720. The zero-order chi connectivity index (χ0) is 15.7. The van der Waals surface area contributed by atoms with E-state index >= 15 is 0 Å². The van der Waals surface area contributed by atoms with Gasteiger partial charge in [-0.1, -0.05) is 24.4 Å². The molecule has 0 atom stereocenters. The molecular formula is C14H21ClN2O3S. The number of halogens is 1. The highest BCUT2D eigenvalue weighted by molar-refractivity contribution is 7.89. The Kier molecular flexibility index (Phi) is 4.82. The molecule has 0 saturated heterocycles.